The highest BCUT2D eigenvalue weighted by Gasteiger charge is 2.28. The molecule has 5 nitrogen and oxygen atoms in total. The van der Waals surface area contributed by atoms with E-state index in [2.05, 4.69) is 35.9 Å². The van der Waals surface area contributed by atoms with Crippen LogP contribution < -0.4 is 4.90 Å². The lowest BCUT2D eigenvalue weighted by molar-refractivity contribution is 0.367. The van der Waals surface area contributed by atoms with Gasteiger partial charge in [-0.1, -0.05) is 0 Å². The van der Waals surface area contributed by atoms with E-state index in [0.29, 0.717) is 11.4 Å². The van der Waals surface area contributed by atoms with E-state index in [9.17, 15) is 5.26 Å². The number of aryl methyl sites for hydroxylation is 1. The van der Waals surface area contributed by atoms with Crippen LogP contribution in [0.15, 0.2) is 46.8 Å². The zero-order chi connectivity index (χ0) is 16.1. The van der Waals surface area contributed by atoms with Crippen molar-refractivity contribution in [2.75, 3.05) is 11.9 Å². The van der Waals surface area contributed by atoms with Crippen molar-refractivity contribution in [3.8, 4) is 6.07 Å². The van der Waals surface area contributed by atoms with Crippen molar-refractivity contribution in [3.63, 3.8) is 0 Å². The van der Waals surface area contributed by atoms with Gasteiger partial charge < -0.3 is 14.2 Å². The number of fused-ring (bicyclic) bond motifs is 3. The van der Waals surface area contributed by atoms with E-state index in [0.717, 1.165) is 27.6 Å². The number of furan rings is 1. The highest BCUT2D eigenvalue weighted by molar-refractivity contribution is 6.05. The number of hydrogen-bond donors (Lipinski definition) is 0. The fourth-order valence-electron chi connectivity index (χ4n) is 3.13. The van der Waals surface area contributed by atoms with Gasteiger partial charge in [0.15, 0.2) is 0 Å². The number of rotatable bonds is 1. The van der Waals surface area contributed by atoms with Crippen molar-refractivity contribution in [2.24, 2.45) is 0 Å². The van der Waals surface area contributed by atoms with Gasteiger partial charge in [0.2, 0.25) is 5.71 Å². The van der Waals surface area contributed by atoms with E-state index < -0.39 is 0 Å². The number of allylic oxidation sites excluding steroid dienone is 1. The monoisotopic (exact) mass is 304 g/mol. The molecule has 1 aliphatic rings. The first-order chi connectivity index (χ1) is 11.1. The summed E-state index contributed by atoms with van der Waals surface area (Å²) in [6.07, 6.45) is 3.71. The predicted molar refractivity (Wildman–Crippen MR) is 89.7 cm³/mol. The van der Waals surface area contributed by atoms with E-state index in [1.807, 2.05) is 36.3 Å². The number of benzene rings is 1. The fraction of sp³-hybridized carbons (Fsp3) is 0.222. The topological polar surface area (TPSA) is 56.3 Å². The molecule has 0 amide bonds. The number of nitrogens with zero attached hydrogens (tertiary/aromatic N) is 4. The smallest absolute Gasteiger partial charge is 0.227 e. The SMILES string of the molecule is Cc1cc2c(cc1N1C=C(C#N)N(C)[C@@H]1C)oc1ncccc12. The Morgan fingerprint density at radius 1 is 1.30 bits per heavy atom. The van der Waals surface area contributed by atoms with Crippen molar-refractivity contribution < 1.29 is 4.42 Å². The number of hydrogen-bond acceptors (Lipinski definition) is 5. The molecule has 0 aliphatic carbocycles. The summed E-state index contributed by atoms with van der Waals surface area (Å²) in [5.74, 6) is 0. The molecule has 0 fully saturated rings. The second kappa shape index (κ2) is 4.75. The van der Waals surface area contributed by atoms with Crippen LogP contribution in [0.5, 0.6) is 0 Å². The minimum Gasteiger partial charge on any atom is -0.438 e. The second-order valence-corrected chi connectivity index (χ2v) is 5.87. The first-order valence-corrected chi connectivity index (χ1v) is 7.51. The standard InChI is InChI=1S/C18H16N4O/c1-11-7-15-14-5-4-6-20-18(14)23-17(15)8-16(11)22-10-13(9-19)21(3)12(22)2/h4-8,10,12H,1-3H3/t12-/m0/s1. The normalized spacial score (nSPS) is 17.8. The molecule has 0 N–H and O–H groups in total. The van der Waals surface area contributed by atoms with Gasteiger partial charge in [-0.25, -0.2) is 4.98 Å². The van der Waals surface area contributed by atoms with Crippen LogP contribution in [0.4, 0.5) is 5.69 Å². The Bertz CT molecular complexity index is 995. The van der Waals surface area contributed by atoms with Crippen LogP contribution >= 0.6 is 0 Å². The first-order valence-electron chi connectivity index (χ1n) is 7.51. The van der Waals surface area contributed by atoms with E-state index in [-0.39, 0.29) is 6.17 Å². The summed E-state index contributed by atoms with van der Waals surface area (Å²) >= 11 is 0. The van der Waals surface area contributed by atoms with Crippen molar-refractivity contribution in [2.45, 2.75) is 20.0 Å². The van der Waals surface area contributed by atoms with Crippen LogP contribution in [0.2, 0.25) is 0 Å². The molecule has 0 saturated heterocycles. The predicted octanol–water partition coefficient (Wildman–Crippen LogP) is 3.75. The average Bonchev–Trinajstić information content (AvgIpc) is 3.05. The van der Waals surface area contributed by atoms with Gasteiger partial charge in [0, 0.05) is 42.0 Å². The molecule has 0 saturated carbocycles. The third-order valence-corrected chi connectivity index (χ3v) is 4.56. The van der Waals surface area contributed by atoms with Gasteiger partial charge in [-0.2, -0.15) is 5.26 Å². The first kappa shape index (κ1) is 13.6. The Labute approximate surface area is 134 Å². The van der Waals surface area contributed by atoms with Gasteiger partial charge in [-0.3, -0.25) is 0 Å². The Balaban J connectivity index is 1.92. The van der Waals surface area contributed by atoms with E-state index >= 15 is 0 Å². The summed E-state index contributed by atoms with van der Waals surface area (Å²) in [6, 6.07) is 10.3. The number of pyridine rings is 1. The van der Waals surface area contributed by atoms with E-state index in [1.165, 1.54) is 0 Å². The van der Waals surface area contributed by atoms with Crippen LogP contribution in [-0.4, -0.2) is 23.1 Å². The Morgan fingerprint density at radius 3 is 2.87 bits per heavy atom. The Morgan fingerprint density at radius 2 is 2.13 bits per heavy atom. The van der Waals surface area contributed by atoms with Crippen molar-refractivity contribution >= 4 is 27.8 Å². The summed E-state index contributed by atoms with van der Waals surface area (Å²) in [7, 11) is 1.93. The summed E-state index contributed by atoms with van der Waals surface area (Å²) in [6.45, 7) is 4.15. The van der Waals surface area contributed by atoms with Gasteiger partial charge in [-0.05, 0) is 37.6 Å². The number of anilines is 1. The molecule has 3 heterocycles. The van der Waals surface area contributed by atoms with Crippen molar-refractivity contribution in [3.05, 3.63) is 47.9 Å². The van der Waals surface area contributed by atoms with Gasteiger partial charge in [0.25, 0.3) is 0 Å². The van der Waals surface area contributed by atoms with Gasteiger partial charge in [0.1, 0.15) is 23.5 Å². The van der Waals surface area contributed by atoms with Gasteiger partial charge in [0.05, 0.1) is 0 Å². The highest BCUT2D eigenvalue weighted by Crippen LogP contribution is 2.36. The molecule has 4 rings (SSSR count). The molecule has 0 bridgehead atoms. The highest BCUT2D eigenvalue weighted by atomic mass is 16.3. The van der Waals surface area contributed by atoms with Crippen LogP contribution in [0.3, 0.4) is 0 Å². The van der Waals surface area contributed by atoms with Crippen molar-refractivity contribution in [1.29, 1.82) is 5.26 Å². The molecule has 2 aromatic heterocycles. The zero-order valence-corrected chi connectivity index (χ0v) is 13.2. The summed E-state index contributed by atoms with van der Waals surface area (Å²) < 4.78 is 5.89. The maximum Gasteiger partial charge on any atom is 0.227 e. The fourth-order valence-corrected chi connectivity index (χ4v) is 3.13. The van der Waals surface area contributed by atoms with Gasteiger partial charge in [-0.15, -0.1) is 0 Å². The quantitative estimate of drug-likeness (QED) is 0.685. The van der Waals surface area contributed by atoms with Crippen LogP contribution in [0.1, 0.15) is 12.5 Å². The summed E-state index contributed by atoms with van der Waals surface area (Å²) in [4.78, 5) is 8.35. The summed E-state index contributed by atoms with van der Waals surface area (Å²) in [5.41, 5.74) is 4.30. The Hall–Kier alpha value is -3.00. The largest absolute Gasteiger partial charge is 0.438 e. The molecule has 1 atom stereocenters. The average molecular weight is 304 g/mol. The lowest BCUT2D eigenvalue weighted by Crippen LogP contribution is -2.34. The van der Waals surface area contributed by atoms with Crippen LogP contribution in [0.25, 0.3) is 22.1 Å². The van der Waals surface area contributed by atoms with Crippen molar-refractivity contribution in [1.82, 2.24) is 9.88 Å². The molecule has 23 heavy (non-hydrogen) atoms. The molecule has 0 spiro atoms. The number of nitriles is 1. The second-order valence-electron chi connectivity index (χ2n) is 5.87. The van der Waals surface area contributed by atoms with Crippen LogP contribution in [0, 0.1) is 18.3 Å². The zero-order valence-electron chi connectivity index (χ0n) is 13.2. The van der Waals surface area contributed by atoms with E-state index in [4.69, 9.17) is 4.42 Å². The molecule has 0 radical (unpaired) electrons. The molecule has 1 aromatic carbocycles. The third kappa shape index (κ3) is 1.88. The maximum atomic E-state index is 9.24. The molecule has 114 valence electrons. The minimum atomic E-state index is 0.0864. The van der Waals surface area contributed by atoms with Crippen LogP contribution in [-0.2, 0) is 0 Å². The minimum absolute atomic E-state index is 0.0864. The molecule has 3 aromatic rings. The molecule has 5 heteroatoms. The number of aromatic nitrogens is 1. The summed E-state index contributed by atoms with van der Waals surface area (Å²) in [5, 5.41) is 11.3. The molecule has 1 aliphatic heterocycles. The molecular formula is C18H16N4O. The molecular weight excluding hydrogens is 288 g/mol. The lowest BCUT2D eigenvalue weighted by atomic mass is 10.1. The van der Waals surface area contributed by atoms with Gasteiger partial charge >= 0.3 is 0 Å². The maximum absolute atomic E-state index is 9.24. The molecule has 0 unspecified atom stereocenters. The van der Waals surface area contributed by atoms with E-state index in [1.54, 1.807) is 6.20 Å². The lowest BCUT2D eigenvalue weighted by Gasteiger charge is -2.28. The Kier molecular flexibility index (Phi) is 2.82. The third-order valence-electron chi connectivity index (χ3n) is 4.56.